The van der Waals surface area contributed by atoms with Crippen LogP contribution < -0.4 is 10.1 Å². The van der Waals surface area contributed by atoms with E-state index in [0.717, 1.165) is 37.8 Å². The summed E-state index contributed by atoms with van der Waals surface area (Å²) < 4.78 is 43.5. The molecule has 1 amide bonds. The molecule has 0 spiro atoms. The van der Waals surface area contributed by atoms with Gasteiger partial charge >= 0.3 is 6.18 Å². The van der Waals surface area contributed by atoms with Crippen molar-refractivity contribution in [3.63, 3.8) is 0 Å². The quantitative estimate of drug-likeness (QED) is 0.863. The second-order valence-electron chi connectivity index (χ2n) is 6.57. The summed E-state index contributed by atoms with van der Waals surface area (Å²) in [5.41, 5.74) is -0.159. The predicted octanol–water partition coefficient (Wildman–Crippen LogP) is 3.54. The van der Waals surface area contributed by atoms with Crippen LogP contribution in [-0.2, 0) is 17.4 Å². The van der Waals surface area contributed by atoms with E-state index < -0.39 is 11.7 Å². The Balaban J connectivity index is 1.43. The van der Waals surface area contributed by atoms with Crippen molar-refractivity contribution in [3.05, 3.63) is 54.0 Å². The maximum atomic E-state index is 12.6. The Hall–Kier alpha value is -2.64. The van der Waals surface area contributed by atoms with Crippen molar-refractivity contribution in [1.29, 1.82) is 0 Å². The first kappa shape index (κ1) is 19.1. The van der Waals surface area contributed by atoms with E-state index in [4.69, 9.17) is 4.74 Å². The maximum Gasteiger partial charge on any atom is 0.416 e. The van der Waals surface area contributed by atoms with E-state index >= 15 is 0 Å². The fraction of sp³-hybridized carbons (Fsp3) is 0.421. The number of rotatable bonds is 5. The lowest BCUT2D eigenvalue weighted by Gasteiger charge is -2.29. The van der Waals surface area contributed by atoms with Crippen molar-refractivity contribution in [2.24, 2.45) is 0 Å². The molecule has 1 heterocycles. The minimum atomic E-state index is -4.37. The molecule has 0 unspecified atom stereocenters. The van der Waals surface area contributed by atoms with E-state index in [2.05, 4.69) is 15.3 Å². The van der Waals surface area contributed by atoms with Crippen LogP contribution in [0, 0.1) is 0 Å². The van der Waals surface area contributed by atoms with Crippen LogP contribution in [0.2, 0.25) is 0 Å². The van der Waals surface area contributed by atoms with Gasteiger partial charge in [0.1, 0.15) is 6.10 Å². The van der Waals surface area contributed by atoms with Crippen LogP contribution in [0.1, 0.15) is 36.8 Å². The summed E-state index contributed by atoms with van der Waals surface area (Å²) in [5.74, 6) is 0.306. The number of nitrogens with zero attached hydrogens (tertiary/aromatic N) is 2. The summed E-state index contributed by atoms with van der Waals surface area (Å²) >= 11 is 0. The first-order chi connectivity index (χ1) is 12.9. The molecular weight excluding hydrogens is 359 g/mol. The summed E-state index contributed by atoms with van der Waals surface area (Å²) in [7, 11) is 0. The Bertz CT molecular complexity index is 743. The highest BCUT2D eigenvalue weighted by atomic mass is 19.4. The van der Waals surface area contributed by atoms with Gasteiger partial charge in [-0.05, 0) is 43.4 Å². The molecule has 0 bridgehead atoms. The fourth-order valence-corrected chi connectivity index (χ4v) is 3.12. The molecule has 1 fully saturated rings. The van der Waals surface area contributed by atoms with Gasteiger partial charge in [0.25, 0.3) is 0 Å². The molecule has 1 aliphatic carbocycles. The number of nitrogens with one attached hydrogen (secondary N) is 1. The van der Waals surface area contributed by atoms with Gasteiger partial charge in [0.05, 0.1) is 18.2 Å². The normalized spacial score (nSPS) is 20.1. The maximum absolute atomic E-state index is 12.6. The predicted molar refractivity (Wildman–Crippen MR) is 92.0 cm³/mol. The van der Waals surface area contributed by atoms with Crippen LogP contribution in [-0.4, -0.2) is 28.0 Å². The van der Waals surface area contributed by atoms with Gasteiger partial charge in [-0.1, -0.05) is 12.1 Å². The topological polar surface area (TPSA) is 64.1 Å². The Morgan fingerprint density at radius 1 is 1.11 bits per heavy atom. The summed E-state index contributed by atoms with van der Waals surface area (Å²) in [6.07, 6.45) is 3.61. The fourth-order valence-electron chi connectivity index (χ4n) is 3.12. The Labute approximate surface area is 155 Å². The minimum Gasteiger partial charge on any atom is -0.473 e. The zero-order chi connectivity index (χ0) is 19.3. The van der Waals surface area contributed by atoms with E-state index in [9.17, 15) is 18.0 Å². The number of hydrogen-bond donors (Lipinski definition) is 1. The van der Waals surface area contributed by atoms with Crippen molar-refractivity contribution in [2.45, 2.75) is 50.4 Å². The van der Waals surface area contributed by atoms with Crippen LogP contribution in [0.25, 0.3) is 0 Å². The molecule has 0 atom stereocenters. The first-order valence-electron chi connectivity index (χ1n) is 8.78. The molecule has 27 heavy (non-hydrogen) atoms. The van der Waals surface area contributed by atoms with Gasteiger partial charge in [-0.25, -0.2) is 4.98 Å². The molecule has 1 N–H and O–H groups in total. The highest BCUT2D eigenvalue weighted by molar-refractivity contribution is 5.78. The number of ether oxygens (including phenoxy) is 1. The van der Waals surface area contributed by atoms with Crippen LogP contribution in [0.4, 0.5) is 13.2 Å². The lowest BCUT2D eigenvalue weighted by Crippen LogP contribution is -2.40. The molecule has 144 valence electrons. The number of hydrogen-bond acceptors (Lipinski definition) is 4. The second kappa shape index (κ2) is 8.37. The molecule has 0 aliphatic heterocycles. The number of carbonyl (C=O) groups excluding carboxylic acids is 1. The molecule has 0 saturated heterocycles. The number of amides is 1. The highest BCUT2D eigenvalue weighted by Gasteiger charge is 2.30. The summed E-state index contributed by atoms with van der Waals surface area (Å²) in [4.78, 5) is 20.2. The van der Waals surface area contributed by atoms with Crippen molar-refractivity contribution in [1.82, 2.24) is 15.3 Å². The molecule has 0 radical (unpaired) electrons. The third-order valence-corrected chi connectivity index (χ3v) is 4.51. The van der Waals surface area contributed by atoms with Gasteiger partial charge < -0.3 is 10.1 Å². The molecule has 5 nitrogen and oxygen atoms in total. The monoisotopic (exact) mass is 379 g/mol. The summed E-state index contributed by atoms with van der Waals surface area (Å²) in [6.45, 7) is 0. The summed E-state index contributed by atoms with van der Waals surface area (Å²) in [5, 5.41) is 2.95. The largest absolute Gasteiger partial charge is 0.473 e. The van der Waals surface area contributed by atoms with E-state index in [1.807, 2.05) is 0 Å². The second-order valence-corrected chi connectivity index (χ2v) is 6.57. The molecule has 2 aromatic rings. The van der Waals surface area contributed by atoms with Crippen LogP contribution in [0.5, 0.6) is 5.88 Å². The number of benzene rings is 1. The number of halogens is 3. The molecular formula is C19H20F3N3O2. The number of carbonyl (C=O) groups is 1. The zero-order valence-corrected chi connectivity index (χ0v) is 14.6. The smallest absolute Gasteiger partial charge is 0.416 e. The average molecular weight is 379 g/mol. The molecule has 1 aliphatic rings. The number of alkyl halides is 3. The lowest BCUT2D eigenvalue weighted by atomic mass is 9.92. The number of aromatic nitrogens is 2. The third-order valence-electron chi connectivity index (χ3n) is 4.51. The molecule has 8 heteroatoms. The molecule has 1 aromatic heterocycles. The Morgan fingerprint density at radius 2 is 1.81 bits per heavy atom. The van der Waals surface area contributed by atoms with Gasteiger partial charge in [0, 0.05) is 18.4 Å². The molecule has 1 saturated carbocycles. The van der Waals surface area contributed by atoms with Crippen LogP contribution in [0.15, 0.2) is 42.9 Å². The lowest BCUT2D eigenvalue weighted by molar-refractivity contribution is -0.137. The van der Waals surface area contributed by atoms with Crippen molar-refractivity contribution in [2.75, 3.05) is 0 Å². The van der Waals surface area contributed by atoms with Gasteiger partial charge in [0.2, 0.25) is 11.8 Å². The Kier molecular flexibility index (Phi) is 5.93. The van der Waals surface area contributed by atoms with Crippen molar-refractivity contribution in [3.8, 4) is 5.88 Å². The molecule has 1 aromatic carbocycles. The average Bonchev–Trinajstić information content (AvgIpc) is 2.64. The van der Waals surface area contributed by atoms with E-state index in [1.165, 1.54) is 12.1 Å². The van der Waals surface area contributed by atoms with Gasteiger partial charge in [0.15, 0.2) is 0 Å². The van der Waals surface area contributed by atoms with Crippen LogP contribution >= 0.6 is 0 Å². The van der Waals surface area contributed by atoms with Gasteiger partial charge in [-0.15, -0.1) is 0 Å². The van der Waals surface area contributed by atoms with Gasteiger partial charge in [-0.2, -0.15) is 13.2 Å². The summed E-state index contributed by atoms with van der Waals surface area (Å²) in [6, 6.07) is 4.73. The van der Waals surface area contributed by atoms with E-state index in [-0.39, 0.29) is 24.5 Å². The van der Waals surface area contributed by atoms with Gasteiger partial charge in [-0.3, -0.25) is 9.78 Å². The van der Waals surface area contributed by atoms with E-state index in [0.29, 0.717) is 11.4 Å². The zero-order valence-electron chi connectivity index (χ0n) is 14.6. The van der Waals surface area contributed by atoms with Crippen molar-refractivity contribution >= 4 is 5.91 Å². The first-order valence-corrected chi connectivity index (χ1v) is 8.78. The van der Waals surface area contributed by atoms with Crippen LogP contribution in [0.3, 0.4) is 0 Å². The van der Waals surface area contributed by atoms with Crippen molar-refractivity contribution < 1.29 is 22.7 Å². The molecule has 3 rings (SSSR count). The third kappa shape index (κ3) is 5.67. The standard InChI is InChI=1S/C19H20F3N3O2/c20-19(21,22)14-3-1-13(2-4-14)11-17(26)25-15-5-7-16(8-6-15)27-18-12-23-9-10-24-18/h1-4,9-10,12,15-16H,5-8,11H2,(H,25,26). The van der Waals surface area contributed by atoms with E-state index in [1.54, 1.807) is 18.6 Å². The SMILES string of the molecule is O=C(Cc1ccc(C(F)(F)F)cc1)NC1CCC(Oc2cnccn2)CC1. The minimum absolute atomic E-state index is 0.0461. The highest BCUT2D eigenvalue weighted by Crippen LogP contribution is 2.29. The Morgan fingerprint density at radius 3 is 2.41 bits per heavy atom.